The lowest BCUT2D eigenvalue weighted by Crippen LogP contribution is -2.57. The first kappa shape index (κ1) is 24.0. The third kappa shape index (κ3) is 6.84. The molecule has 1 aliphatic heterocycles. The minimum Gasteiger partial charge on any atom is -0.467 e. The molecule has 1 N–H and O–H groups in total. The summed E-state index contributed by atoms with van der Waals surface area (Å²) in [6.45, 7) is 14.1. The van der Waals surface area contributed by atoms with Crippen LogP contribution in [0, 0.1) is 10.8 Å². The van der Waals surface area contributed by atoms with Crippen molar-refractivity contribution in [2.24, 2.45) is 10.8 Å². The zero-order chi connectivity index (χ0) is 21.5. The molecule has 0 spiro atoms. The number of rotatable bonds is 8. The Balaban J connectivity index is 2.80. The van der Waals surface area contributed by atoms with Crippen LogP contribution in [0.25, 0.3) is 0 Å². The number of alkyl carbamates (subject to hydrolysis) is 1. The van der Waals surface area contributed by atoms with E-state index in [1.165, 1.54) is 12.0 Å². The highest BCUT2D eigenvalue weighted by molar-refractivity contribution is 5.90. The van der Waals surface area contributed by atoms with E-state index in [0.29, 0.717) is 13.0 Å². The predicted molar refractivity (Wildman–Crippen MR) is 108 cm³/mol. The molecule has 0 aromatic rings. The molecule has 0 bridgehead atoms. The maximum Gasteiger partial charge on any atom is 0.407 e. The number of amides is 2. The second kappa shape index (κ2) is 9.94. The molecule has 0 radical (unpaired) electrons. The zero-order valence-corrected chi connectivity index (χ0v) is 18.2. The van der Waals surface area contributed by atoms with Crippen LogP contribution in [0.4, 0.5) is 4.79 Å². The summed E-state index contributed by atoms with van der Waals surface area (Å²) in [7, 11) is 1.31. The standard InChI is InChI=1S/C21H36N2O5/c1-8-9-12-21(5,6)14-28-19(26)22-16(20(2,3)4)17(24)23-13-10-11-15(23)18(25)27-7/h8,15-16H,1,9-14H2,2-7H3,(H,22,26)/t15-,16+/m0/s1. The molecule has 7 nitrogen and oxygen atoms in total. The van der Waals surface area contributed by atoms with Crippen molar-refractivity contribution in [1.82, 2.24) is 10.2 Å². The molecule has 7 heteroatoms. The van der Waals surface area contributed by atoms with Crippen LogP contribution < -0.4 is 5.32 Å². The van der Waals surface area contributed by atoms with Gasteiger partial charge in [-0.25, -0.2) is 9.59 Å². The number of methoxy groups -OCH3 is 1. The van der Waals surface area contributed by atoms with Crippen LogP contribution in [0.5, 0.6) is 0 Å². The average Bonchev–Trinajstić information content (AvgIpc) is 3.10. The summed E-state index contributed by atoms with van der Waals surface area (Å²) >= 11 is 0. The summed E-state index contributed by atoms with van der Waals surface area (Å²) < 4.78 is 10.2. The van der Waals surface area contributed by atoms with Crippen molar-refractivity contribution >= 4 is 18.0 Å². The first-order valence-corrected chi connectivity index (χ1v) is 9.85. The van der Waals surface area contributed by atoms with Gasteiger partial charge in [-0.05, 0) is 36.5 Å². The lowest BCUT2D eigenvalue weighted by Gasteiger charge is -2.35. The van der Waals surface area contributed by atoms with E-state index in [4.69, 9.17) is 9.47 Å². The molecule has 0 aliphatic carbocycles. The van der Waals surface area contributed by atoms with Crippen LogP contribution in [-0.2, 0) is 19.1 Å². The van der Waals surface area contributed by atoms with Gasteiger partial charge in [0.25, 0.3) is 0 Å². The van der Waals surface area contributed by atoms with Crippen molar-refractivity contribution in [3.8, 4) is 0 Å². The number of carbonyl (C=O) groups is 3. The fraction of sp³-hybridized carbons (Fsp3) is 0.762. The number of ether oxygens (including phenoxy) is 2. The number of esters is 1. The molecule has 0 aromatic carbocycles. The van der Waals surface area contributed by atoms with Crippen molar-refractivity contribution in [3.05, 3.63) is 12.7 Å². The largest absolute Gasteiger partial charge is 0.467 e. The Morgan fingerprint density at radius 2 is 1.89 bits per heavy atom. The number of hydrogen-bond acceptors (Lipinski definition) is 5. The molecule has 2 atom stereocenters. The second-order valence-corrected chi connectivity index (χ2v) is 9.22. The average molecular weight is 397 g/mol. The summed E-state index contributed by atoms with van der Waals surface area (Å²) in [5, 5.41) is 2.72. The van der Waals surface area contributed by atoms with Crippen molar-refractivity contribution in [3.63, 3.8) is 0 Å². The van der Waals surface area contributed by atoms with Gasteiger partial charge in [0.05, 0.1) is 13.7 Å². The Hall–Kier alpha value is -2.05. The van der Waals surface area contributed by atoms with Gasteiger partial charge >= 0.3 is 12.1 Å². The summed E-state index contributed by atoms with van der Waals surface area (Å²) in [6, 6.07) is -1.40. The molecule has 160 valence electrons. The van der Waals surface area contributed by atoms with E-state index in [2.05, 4.69) is 11.9 Å². The predicted octanol–water partition coefficient (Wildman–Crippen LogP) is 3.28. The van der Waals surface area contributed by atoms with Gasteiger partial charge in [-0.15, -0.1) is 6.58 Å². The maximum atomic E-state index is 13.1. The maximum absolute atomic E-state index is 13.1. The van der Waals surface area contributed by atoms with Gasteiger partial charge in [-0.1, -0.05) is 40.7 Å². The number of nitrogens with one attached hydrogen (secondary N) is 1. The van der Waals surface area contributed by atoms with Crippen LogP contribution in [-0.4, -0.2) is 55.2 Å². The molecule has 1 aliphatic rings. The van der Waals surface area contributed by atoms with E-state index in [-0.39, 0.29) is 17.9 Å². The van der Waals surface area contributed by atoms with Gasteiger partial charge in [0.2, 0.25) is 5.91 Å². The molecule has 2 amide bonds. The quantitative estimate of drug-likeness (QED) is 0.503. The third-order valence-corrected chi connectivity index (χ3v) is 5.00. The fourth-order valence-corrected chi connectivity index (χ4v) is 3.21. The summed E-state index contributed by atoms with van der Waals surface area (Å²) in [4.78, 5) is 39.0. The van der Waals surface area contributed by atoms with E-state index in [1.54, 1.807) is 0 Å². The minimum atomic E-state index is -0.804. The minimum absolute atomic E-state index is 0.183. The molecule has 1 fully saturated rings. The highest BCUT2D eigenvalue weighted by Crippen LogP contribution is 2.27. The number of nitrogens with zero attached hydrogens (tertiary/aromatic N) is 1. The lowest BCUT2D eigenvalue weighted by molar-refractivity contribution is -0.152. The summed E-state index contributed by atoms with van der Waals surface area (Å²) in [5.41, 5.74) is -0.727. The van der Waals surface area contributed by atoms with Gasteiger partial charge in [0, 0.05) is 6.54 Å². The van der Waals surface area contributed by atoms with E-state index in [9.17, 15) is 14.4 Å². The third-order valence-electron chi connectivity index (χ3n) is 5.00. The Morgan fingerprint density at radius 1 is 1.25 bits per heavy atom. The van der Waals surface area contributed by atoms with E-state index >= 15 is 0 Å². The Morgan fingerprint density at radius 3 is 2.43 bits per heavy atom. The lowest BCUT2D eigenvalue weighted by atomic mass is 9.85. The Kier molecular flexibility index (Phi) is 8.51. The molecule has 0 saturated carbocycles. The van der Waals surface area contributed by atoms with Gasteiger partial charge in [-0.3, -0.25) is 4.79 Å². The first-order valence-electron chi connectivity index (χ1n) is 9.85. The second-order valence-electron chi connectivity index (χ2n) is 9.22. The number of hydrogen-bond donors (Lipinski definition) is 1. The molecule has 1 saturated heterocycles. The molecule has 1 rings (SSSR count). The summed E-state index contributed by atoms with van der Waals surface area (Å²) in [5.74, 6) is -0.715. The van der Waals surface area contributed by atoms with Crippen molar-refractivity contribution in [2.45, 2.75) is 72.4 Å². The highest BCUT2D eigenvalue weighted by Gasteiger charge is 2.42. The normalized spacial score (nSPS) is 18.4. The number of carbonyl (C=O) groups excluding carboxylic acids is 3. The van der Waals surface area contributed by atoms with Crippen LogP contribution in [0.15, 0.2) is 12.7 Å². The molecule has 28 heavy (non-hydrogen) atoms. The van der Waals surface area contributed by atoms with Gasteiger partial charge in [0.1, 0.15) is 12.1 Å². The monoisotopic (exact) mass is 396 g/mol. The Labute approximate surface area is 168 Å². The van der Waals surface area contributed by atoms with Gasteiger partial charge < -0.3 is 19.7 Å². The van der Waals surface area contributed by atoms with Crippen LogP contribution in [0.1, 0.15) is 60.3 Å². The van der Waals surface area contributed by atoms with Crippen LogP contribution >= 0.6 is 0 Å². The van der Waals surface area contributed by atoms with Gasteiger partial charge in [-0.2, -0.15) is 0 Å². The molecular weight excluding hydrogens is 360 g/mol. The van der Waals surface area contributed by atoms with Crippen molar-refractivity contribution in [1.29, 1.82) is 0 Å². The smallest absolute Gasteiger partial charge is 0.407 e. The van der Waals surface area contributed by atoms with Crippen LogP contribution in [0.2, 0.25) is 0 Å². The topological polar surface area (TPSA) is 84.9 Å². The zero-order valence-electron chi connectivity index (χ0n) is 18.2. The van der Waals surface area contributed by atoms with Crippen molar-refractivity contribution < 1.29 is 23.9 Å². The highest BCUT2D eigenvalue weighted by atomic mass is 16.5. The van der Waals surface area contributed by atoms with E-state index in [1.807, 2.05) is 40.7 Å². The molecule has 0 aromatic heterocycles. The number of likely N-dealkylation sites (tertiary alicyclic amines) is 1. The molecule has 1 heterocycles. The first-order chi connectivity index (χ1) is 12.9. The fourth-order valence-electron chi connectivity index (χ4n) is 3.21. The molecular formula is C21H36N2O5. The Bertz CT molecular complexity index is 580. The van der Waals surface area contributed by atoms with Crippen molar-refractivity contribution in [2.75, 3.05) is 20.3 Å². The van der Waals surface area contributed by atoms with E-state index < -0.39 is 29.6 Å². The van der Waals surface area contributed by atoms with Crippen LogP contribution in [0.3, 0.4) is 0 Å². The van der Waals surface area contributed by atoms with E-state index in [0.717, 1.165) is 19.3 Å². The molecule has 0 unspecified atom stereocenters. The van der Waals surface area contributed by atoms with Gasteiger partial charge in [0.15, 0.2) is 0 Å². The number of allylic oxidation sites excluding steroid dienone is 1. The SMILES string of the molecule is C=CCCC(C)(C)COC(=O)N[C@H](C(=O)N1CCC[C@H]1C(=O)OC)C(C)(C)C. The summed E-state index contributed by atoms with van der Waals surface area (Å²) in [6.07, 6.45) is 4.19.